The summed E-state index contributed by atoms with van der Waals surface area (Å²) in [7, 11) is 0. The molecule has 0 aromatic carbocycles. The molecule has 0 unspecified atom stereocenters. The van der Waals surface area contributed by atoms with Gasteiger partial charge in [-0.25, -0.2) is 0 Å². The number of hydrogen-bond donors (Lipinski definition) is 1. The molecule has 2 fully saturated rings. The van der Waals surface area contributed by atoms with Gasteiger partial charge in [0.05, 0.1) is 6.04 Å². The summed E-state index contributed by atoms with van der Waals surface area (Å²) >= 11 is 0. The molecule has 1 aromatic heterocycles. The summed E-state index contributed by atoms with van der Waals surface area (Å²) in [6.45, 7) is 3.23. The number of hydrogen-bond acceptors (Lipinski definition) is 3. The van der Waals surface area contributed by atoms with Crippen LogP contribution in [0.4, 0.5) is 0 Å². The first-order valence-electron chi connectivity index (χ1n) is 7.51. The maximum absolute atomic E-state index is 4.47. The number of aryl methyl sites for hydroxylation is 1. The second kappa shape index (κ2) is 5.39. The lowest BCUT2D eigenvalue weighted by Crippen LogP contribution is -2.30. The van der Waals surface area contributed by atoms with Gasteiger partial charge in [0.25, 0.3) is 0 Å². The first kappa shape index (κ1) is 12.2. The van der Waals surface area contributed by atoms with Crippen molar-refractivity contribution in [1.82, 2.24) is 20.1 Å². The van der Waals surface area contributed by atoms with Gasteiger partial charge in [-0.2, -0.15) is 0 Å². The molecule has 1 saturated carbocycles. The Bertz CT molecular complexity index is 386. The molecule has 1 aromatic rings. The highest BCUT2D eigenvalue weighted by Gasteiger charge is 2.26. The van der Waals surface area contributed by atoms with Gasteiger partial charge in [-0.15, -0.1) is 10.2 Å². The van der Waals surface area contributed by atoms with E-state index >= 15 is 0 Å². The number of rotatable bonds is 2. The first-order chi connectivity index (χ1) is 8.86. The predicted molar refractivity (Wildman–Crippen MR) is 71.5 cm³/mol. The second-order valence-corrected chi connectivity index (χ2v) is 5.77. The molecule has 2 aliphatic rings. The average molecular weight is 248 g/mol. The van der Waals surface area contributed by atoms with Gasteiger partial charge < -0.3 is 9.88 Å². The Labute approximate surface area is 109 Å². The molecule has 1 N–H and O–H groups in total. The van der Waals surface area contributed by atoms with Crippen molar-refractivity contribution >= 4 is 0 Å². The van der Waals surface area contributed by atoms with Crippen molar-refractivity contribution in [2.75, 3.05) is 6.54 Å². The Morgan fingerprint density at radius 3 is 2.50 bits per heavy atom. The van der Waals surface area contributed by atoms with Crippen LogP contribution in [0.25, 0.3) is 0 Å². The highest BCUT2D eigenvalue weighted by Crippen LogP contribution is 2.32. The fourth-order valence-electron chi connectivity index (χ4n) is 3.49. The summed E-state index contributed by atoms with van der Waals surface area (Å²) < 4.78 is 2.43. The summed E-state index contributed by atoms with van der Waals surface area (Å²) in [5.74, 6) is 2.29. The maximum Gasteiger partial charge on any atom is 0.150 e. The summed E-state index contributed by atoms with van der Waals surface area (Å²) in [4.78, 5) is 0. The Morgan fingerprint density at radius 1 is 1.00 bits per heavy atom. The van der Waals surface area contributed by atoms with Crippen LogP contribution in [-0.4, -0.2) is 21.3 Å². The molecule has 100 valence electrons. The monoisotopic (exact) mass is 248 g/mol. The van der Waals surface area contributed by atoms with Crippen LogP contribution < -0.4 is 5.32 Å². The molecule has 18 heavy (non-hydrogen) atoms. The van der Waals surface area contributed by atoms with Gasteiger partial charge in [0.15, 0.2) is 0 Å². The lowest BCUT2D eigenvalue weighted by molar-refractivity contribution is 0.316. The van der Waals surface area contributed by atoms with Gasteiger partial charge >= 0.3 is 0 Å². The van der Waals surface area contributed by atoms with E-state index in [1.54, 1.807) is 0 Å². The molecule has 0 spiro atoms. The number of nitrogens with one attached hydrogen (secondary N) is 1. The molecule has 3 rings (SSSR count). The zero-order valence-electron chi connectivity index (χ0n) is 11.4. The van der Waals surface area contributed by atoms with Crippen LogP contribution in [0.2, 0.25) is 0 Å². The van der Waals surface area contributed by atoms with Crippen molar-refractivity contribution in [3.8, 4) is 0 Å². The first-order valence-corrected chi connectivity index (χ1v) is 7.51. The Kier molecular flexibility index (Phi) is 3.64. The molecule has 0 radical (unpaired) electrons. The molecule has 0 bridgehead atoms. The van der Waals surface area contributed by atoms with Crippen molar-refractivity contribution in [1.29, 1.82) is 0 Å². The minimum absolute atomic E-state index is 0.432. The lowest BCUT2D eigenvalue weighted by Gasteiger charge is -2.29. The van der Waals surface area contributed by atoms with Crippen LogP contribution in [0.1, 0.15) is 75.1 Å². The van der Waals surface area contributed by atoms with E-state index in [1.165, 1.54) is 57.2 Å². The normalized spacial score (nSPS) is 26.4. The Balaban J connectivity index is 1.85. The van der Waals surface area contributed by atoms with E-state index in [-0.39, 0.29) is 0 Å². The minimum Gasteiger partial charge on any atom is -0.311 e. The van der Waals surface area contributed by atoms with Crippen LogP contribution in [-0.2, 0) is 0 Å². The molecular formula is C14H24N4. The molecule has 4 heteroatoms. The van der Waals surface area contributed by atoms with Crippen LogP contribution in [0.3, 0.4) is 0 Å². The van der Waals surface area contributed by atoms with Gasteiger partial charge in [-0.05, 0) is 39.2 Å². The van der Waals surface area contributed by atoms with E-state index in [1.807, 2.05) is 0 Å². The van der Waals surface area contributed by atoms with Crippen molar-refractivity contribution < 1.29 is 0 Å². The summed E-state index contributed by atoms with van der Waals surface area (Å²) in [6.07, 6.45) is 10.6. The quantitative estimate of drug-likeness (QED) is 0.875. The van der Waals surface area contributed by atoms with E-state index < -0.39 is 0 Å². The Hall–Kier alpha value is -0.900. The van der Waals surface area contributed by atoms with Crippen molar-refractivity contribution in [3.63, 3.8) is 0 Å². The molecular weight excluding hydrogens is 224 g/mol. The topological polar surface area (TPSA) is 42.7 Å². The third kappa shape index (κ3) is 2.30. The molecule has 1 saturated heterocycles. The standard InChI is InChI=1S/C14H24N4/c1-11-16-17-14(13-9-5-6-10-15-13)18(11)12-7-3-2-4-8-12/h12-13,15H,2-10H2,1H3/t13-/m1/s1. The summed E-state index contributed by atoms with van der Waals surface area (Å²) in [5, 5.41) is 12.4. The zero-order chi connectivity index (χ0) is 12.4. The van der Waals surface area contributed by atoms with Gasteiger partial charge in [-0.1, -0.05) is 25.7 Å². The van der Waals surface area contributed by atoms with Crippen LogP contribution in [0, 0.1) is 6.92 Å². The highest BCUT2D eigenvalue weighted by atomic mass is 15.3. The molecule has 2 heterocycles. The fourth-order valence-corrected chi connectivity index (χ4v) is 3.49. The van der Waals surface area contributed by atoms with Crippen molar-refractivity contribution in [2.24, 2.45) is 0 Å². The van der Waals surface area contributed by atoms with E-state index in [9.17, 15) is 0 Å². The van der Waals surface area contributed by atoms with Crippen LogP contribution >= 0.6 is 0 Å². The van der Waals surface area contributed by atoms with Crippen LogP contribution in [0.15, 0.2) is 0 Å². The molecule has 0 amide bonds. The largest absolute Gasteiger partial charge is 0.311 e. The smallest absolute Gasteiger partial charge is 0.150 e. The molecule has 1 aliphatic heterocycles. The number of aromatic nitrogens is 3. The third-order valence-corrected chi connectivity index (χ3v) is 4.45. The van der Waals surface area contributed by atoms with E-state index in [0.29, 0.717) is 12.1 Å². The zero-order valence-corrected chi connectivity index (χ0v) is 11.4. The van der Waals surface area contributed by atoms with E-state index in [2.05, 4.69) is 27.0 Å². The Morgan fingerprint density at radius 2 is 1.78 bits per heavy atom. The number of piperidine rings is 1. The molecule has 1 atom stereocenters. The van der Waals surface area contributed by atoms with E-state index in [4.69, 9.17) is 0 Å². The highest BCUT2D eigenvalue weighted by molar-refractivity contribution is 5.04. The van der Waals surface area contributed by atoms with Gasteiger partial charge in [0.2, 0.25) is 0 Å². The van der Waals surface area contributed by atoms with Gasteiger partial charge in [0.1, 0.15) is 11.6 Å². The summed E-state index contributed by atoms with van der Waals surface area (Å²) in [6, 6.07) is 1.08. The SMILES string of the molecule is Cc1nnc([C@H]2CCCCN2)n1C1CCCCC1. The minimum atomic E-state index is 0.432. The van der Waals surface area contributed by atoms with Gasteiger partial charge in [0, 0.05) is 6.04 Å². The molecule has 4 nitrogen and oxygen atoms in total. The molecule has 1 aliphatic carbocycles. The lowest BCUT2D eigenvalue weighted by atomic mass is 9.94. The van der Waals surface area contributed by atoms with E-state index in [0.717, 1.165) is 12.4 Å². The van der Waals surface area contributed by atoms with Crippen molar-refractivity contribution in [3.05, 3.63) is 11.6 Å². The summed E-state index contributed by atoms with van der Waals surface area (Å²) in [5.41, 5.74) is 0. The third-order valence-electron chi connectivity index (χ3n) is 4.45. The predicted octanol–water partition coefficient (Wildman–Crippen LogP) is 2.91. The maximum atomic E-state index is 4.47. The van der Waals surface area contributed by atoms with Crippen LogP contribution in [0.5, 0.6) is 0 Å². The van der Waals surface area contributed by atoms with Gasteiger partial charge in [-0.3, -0.25) is 0 Å². The second-order valence-electron chi connectivity index (χ2n) is 5.77. The van der Waals surface area contributed by atoms with Crippen molar-refractivity contribution in [2.45, 2.75) is 70.4 Å². The number of nitrogens with zero attached hydrogens (tertiary/aromatic N) is 3. The fraction of sp³-hybridized carbons (Fsp3) is 0.857. The average Bonchev–Trinajstić information content (AvgIpc) is 2.83.